The highest BCUT2D eigenvalue weighted by molar-refractivity contribution is 4.67. The van der Waals surface area contributed by atoms with Crippen LogP contribution in [0, 0.1) is 5.92 Å². The van der Waals surface area contributed by atoms with E-state index < -0.39 is 0 Å². The molecule has 1 aliphatic rings. The van der Waals surface area contributed by atoms with Crippen molar-refractivity contribution in [1.29, 1.82) is 0 Å². The summed E-state index contributed by atoms with van der Waals surface area (Å²) in [5.41, 5.74) is 0. The van der Waals surface area contributed by atoms with E-state index in [0.717, 1.165) is 26.2 Å². The number of ether oxygens (including phenoxy) is 1. The minimum Gasteiger partial charge on any atom is -0.392 e. The van der Waals surface area contributed by atoms with Gasteiger partial charge in [0, 0.05) is 19.7 Å². The van der Waals surface area contributed by atoms with Crippen LogP contribution in [0.4, 0.5) is 0 Å². The van der Waals surface area contributed by atoms with Crippen molar-refractivity contribution in [2.45, 2.75) is 19.4 Å². The van der Waals surface area contributed by atoms with Crippen molar-refractivity contribution in [1.82, 2.24) is 5.32 Å². The van der Waals surface area contributed by atoms with Crippen LogP contribution >= 0.6 is 0 Å². The fourth-order valence-electron chi connectivity index (χ4n) is 1.24. The van der Waals surface area contributed by atoms with E-state index in [4.69, 9.17) is 9.84 Å². The molecule has 0 aromatic heterocycles. The zero-order valence-electron chi connectivity index (χ0n) is 7.05. The van der Waals surface area contributed by atoms with Gasteiger partial charge in [0.25, 0.3) is 0 Å². The topological polar surface area (TPSA) is 41.5 Å². The van der Waals surface area contributed by atoms with Crippen molar-refractivity contribution in [2.75, 3.05) is 26.3 Å². The van der Waals surface area contributed by atoms with Gasteiger partial charge in [0.05, 0.1) is 12.7 Å². The molecule has 2 N–H and O–H groups in total. The van der Waals surface area contributed by atoms with Crippen LogP contribution in [-0.2, 0) is 4.74 Å². The van der Waals surface area contributed by atoms with Gasteiger partial charge in [0.15, 0.2) is 0 Å². The van der Waals surface area contributed by atoms with Gasteiger partial charge in [-0.05, 0) is 19.3 Å². The van der Waals surface area contributed by atoms with Crippen molar-refractivity contribution in [2.24, 2.45) is 5.92 Å². The van der Waals surface area contributed by atoms with Gasteiger partial charge in [-0.25, -0.2) is 0 Å². The Labute approximate surface area is 67.7 Å². The Balaban J connectivity index is 1.94. The molecule has 0 amide bonds. The summed E-state index contributed by atoms with van der Waals surface area (Å²) in [5, 5.41) is 12.1. The maximum absolute atomic E-state index is 8.93. The van der Waals surface area contributed by atoms with Gasteiger partial charge in [-0.1, -0.05) is 0 Å². The van der Waals surface area contributed by atoms with Crippen LogP contribution in [0.3, 0.4) is 0 Å². The molecule has 0 aromatic carbocycles. The van der Waals surface area contributed by atoms with Gasteiger partial charge in [-0.3, -0.25) is 0 Å². The summed E-state index contributed by atoms with van der Waals surface area (Å²) in [6.07, 6.45) is 0.921. The predicted octanol–water partition coefficient (Wildman–Crippen LogP) is -0.00670. The summed E-state index contributed by atoms with van der Waals surface area (Å²) in [6, 6.07) is 0. The maximum atomic E-state index is 8.93. The first-order valence-electron chi connectivity index (χ1n) is 4.25. The minimum absolute atomic E-state index is 0.239. The fourth-order valence-corrected chi connectivity index (χ4v) is 1.24. The third-order valence-corrected chi connectivity index (χ3v) is 1.90. The molecule has 1 saturated heterocycles. The first kappa shape index (κ1) is 8.97. The molecule has 11 heavy (non-hydrogen) atoms. The number of hydrogen-bond donors (Lipinski definition) is 2. The molecule has 1 aliphatic heterocycles. The second kappa shape index (κ2) is 4.70. The van der Waals surface area contributed by atoms with Crippen LogP contribution in [0.15, 0.2) is 0 Å². The van der Waals surface area contributed by atoms with E-state index in [1.807, 2.05) is 0 Å². The maximum Gasteiger partial charge on any atom is 0.0636 e. The number of aliphatic hydroxyl groups is 1. The summed E-state index contributed by atoms with van der Waals surface area (Å²) >= 11 is 0. The predicted molar refractivity (Wildman–Crippen MR) is 43.5 cm³/mol. The summed E-state index contributed by atoms with van der Waals surface area (Å²) in [6.45, 7) is 5.24. The highest BCUT2D eigenvalue weighted by Gasteiger charge is 2.14. The Morgan fingerprint density at radius 3 is 3.09 bits per heavy atom. The molecule has 3 heteroatoms. The molecular weight excluding hydrogens is 142 g/mol. The van der Waals surface area contributed by atoms with Crippen LogP contribution in [-0.4, -0.2) is 37.5 Å². The molecule has 0 saturated carbocycles. The molecule has 0 aromatic rings. The zero-order valence-corrected chi connectivity index (χ0v) is 7.05. The average molecular weight is 159 g/mol. The van der Waals surface area contributed by atoms with E-state index in [1.165, 1.54) is 0 Å². The lowest BCUT2D eigenvalue weighted by molar-refractivity contribution is 0.176. The van der Waals surface area contributed by atoms with E-state index >= 15 is 0 Å². The van der Waals surface area contributed by atoms with Crippen molar-refractivity contribution < 1.29 is 9.84 Å². The number of nitrogens with one attached hydrogen (secondary N) is 1. The van der Waals surface area contributed by atoms with E-state index in [-0.39, 0.29) is 6.10 Å². The second-order valence-electron chi connectivity index (χ2n) is 3.24. The van der Waals surface area contributed by atoms with E-state index in [2.05, 4.69) is 5.32 Å². The number of aliphatic hydroxyl groups excluding tert-OH is 1. The Morgan fingerprint density at radius 2 is 2.55 bits per heavy atom. The number of hydrogen-bond acceptors (Lipinski definition) is 3. The normalized spacial score (nSPS) is 27.3. The Hall–Kier alpha value is -0.120. The fraction of sp³-hybridized carbons (Fsp3) is 1.00. The van der Waals surface area contributed by atoms with Crippen LogP contribution < -0.4 is 5.32 Å². The molecule has 1 unspecified atom stereocenters. The monoisotopic (exact) mass is 159 g/mol. The molecular formula is C8H17NO2. The third kappa shape index (κ3) is 3.70. The van der Waals surface area contributed by atoms with Gasteiger partial charge in [0.2, 0.25) is 0 Å². The van der Waals surface area contributed by atoms with E-state index in [9.17, 15) is 0 Å². The molecule has 0 spiro atoms. The van der Waals surface area contributed by atoms with E-state index in [1.54, 1.807) is 6.92 Å². The Kier molecular flexibility index (Phi) is 3.83. The minimum atomic E-state index is -0.239. The van der Waals surface area contributed by atoms with Crippen LogP contribution in [0.2, 0.25) is 0 Å². The number of rotatable bonds is 4. The van der Waals surface area contributed by atoms with Gasteiger partial charge in [0.1, 0.15) is 0 Å². The van der Waals surface area contributed by atoms with Gasteiger partial charge in [-0.2, -0.15) is 0 Å². The largest absolute Gasteiger partial charge is 0.392 e. The molecule has 1 rings (SSSR count). The lowest BCUT2D eigenvalue weighted by atomic mass is 10.1. The summed E-state index contributed by atoms with van der Waals surface area (Å²) in [5.74, 6) is 0.661. The second-order valence-corrected chi connectivity index (χ2v) is 3.24. The Bertz CT molecular complexity index is 100. The van der Waals surface area contributed by atoms with Crippen molar-refractivity contribution in [3.8, 4) is 0 Å². The van der Waals surface area contributed by atoms with Gasteiger partial charge >= 0.3 is 0 Å². The average Bonchev–Trinajstić information content (AvgIpc) is 2.39. The van der Waals surface area contributed by atoms with Gasteiger partial charge in [-0.15, -0.1) is 0 Å². The summed E-state index contributed by atoms with van der Waals surface area (Å²) < 4.78 is 5.21. The molecule has 0 bridgehead atoms. The highest BCUT2D eigenvalue weighted by atomic mass is 16.5. The molecule has 3 nitrogen and oxygen atoms in total. The zero-order chi connectivity index (χ0) is 8.10. The smallest absolute Gasteiger partial charge is 0.0636 e. The first-order chi connectivity index (χ1) is 5.29. The highest BCUT2D eigenvalue weighted by Crippen LogP contribution is 2.10. The summed E-state index contributed by atoms with van der Waals surface area (Å²) in [4.78, 5) is 0. The summed E-state index contributed by atoms with van der Waals surface area (Å²) in [7, 11) is 0. The lowest BCUT2D eigenvalue weighted by Crippen LogP contribution is -2.29. The molecule has 1 heterocycles. The van der Waals surface area contributed by atoms with Crippen LogP contribution in [0.1, 0.15) is 13.3 Å². The van der Waals surface area contributed by atoms with Crippen LogP contribution in [0.25, 0.3) is 0 Å². The lowest BCUT2D eigenvalue weighted by Gasteiger charge is -2.10. The molecule has 1 fully saturated rings. The Morgan fingerprint density at radius 1 is 1.73 bits per heavy atom. The quantitative estimate of drug-likeness (QED) is 0.606. The molecule has 66 valence electrons. The third-order valence-electron chi connectivity index (χ3n) is 1.90. The van der Waals surface area contributed by atoms with Crippen molar-refractivity contribution >= 4 is 0 Å². The van der Waals surface area contributed by atoms with Crippen LogP contribution in [0.5, 0.6) is 0 Å². The first-order valence-corrected chi connectivity index (χ1v) is 4.25. The van der Waals surface area contributed by atoms with E-state index in [0.29, 0.717) is 12.5 Å². The molecule has 0 aliphatic carbocycles. The molecule has 2 atom stereocenters. The standard InChI is InChI=1S/C8H17NO2/c1-7(10)4-9-5-8-2-3-11-6-8/h7-10H,2-6H2,1H3/t7-,8?/m1/s1. The SMILES string of the molecule is C[C@@H](O)CNCC1CCOC1. The van der Waals surface area contributed by atoms with Crippen molar-refractivity contribution in [3.05, 3.63) is 0 Å². The van der Waals surface area contributed by atoms with Gasteiger partial charge < -0.3 is 15.2 Å². The molecule has 0 radical (unpaired) electrons. The van der Waals surface area contributed by atoms with Crippen molar-refractivity contribution in [3.63, 3.8) is 0 Å².